The number of para-hydroxylation sites is 1. The second-order valence-electron chi connectivity index (χ2n) is 6.35. The van der Waals surface area contributed by atoms with Crippen LogP contribution in [0.5, 0.6) is 0 Å². The van der Waals surface area contributed by atoms with Crippen LogP contribution in [0.2, 0.25) is 0 Å². The predicted molar refractivity (Wildman–Crippen MR) is 88.0 cm³/mol. The largest absolute Gasteiger partial charge is 0.377 e. The molecule has 1 fully saturated rings. The molecular weight excluding hydrogens is 308 g/mol. The number of ether oxygens (including phenoxy) is 1. The molecule has 2 N–H and O–H groups in total. The lowest BCUT2D eigenvalue weighted by Gasteiger charge is -2.41. The molecule has 7 nitrogen and oxygen atoms in total. The lowest BCUT2D eigenvalue weighted by molar-refractivity contribution is -0.0373. The number of carbonyl (C=O) groups is 2. The topological polar surface area (TPSA) is 90.5 Å². The van der Waals surface area contributed by atoms with E-state index in [1.54, 1.807) is 17.0 Å². The molecule has 2 heterocycles. The molecule has 24 heavy (non-hydrogen) atoms. The van der Waals surface area contributed by atoms with Crippen molar-refractivity contribution in [3.05, 3.63) is 47.8 Å². The smallest absolute Gasteiger partial charge is 0.274 e. The Morgan fingerprint density at radius 3 is 2.58 bits per heavy atom. The third kappa shape index (κ3) is 2.90. The van der Waals surface area contributed by atoms with Gasteiger partial charge in [0.2, 0.25) is 0 Å². The van der Waals surface area contributed by atoms with Gasteiger partial charge in [-0.3, -0.25) is 9.59 Å². The van der Waals surface area contributed by atoms with Crippen molar-refractivity contribution in [3.63, 3.8) is 0 Å². The van der Waals surface area contributed by atoms with E-state index in [4.69, 9.17) is 10.5 Å². The number of primary amides is 1. The molecule has 0 aliphatic carbocycles. The lowest BCUT2D eigenvalue weighted by Crippen LogP contribution is -2.55. The number of aromatic nitrogens is 2. The summed E-state index contributed by atoms with van der Waals surface area (Å²) in [4.78, 5) is 26.3. The van der Waals surface area contributed by atoms with E-state index < -0.39 is 11.4 Å². The van der Waals surface area contributed by atoms with E-state index in [-0.39, 0.29) is 17.3 Å². The molecule has 0 radical (unpaired) electrons. The number of rotatable bonds is 3. The highest BCUT2D eigenvalue weighted by atomic mass is 16.5. The second kappa shape index (κ2) is 6.09. The van der Waals surface area contributed by atoms with Crippen molar-refractivity contribution in [2.24, 2.45) is 5.73 Å². The minimum atomic E-state index is -0.633. The van der Waals surface area contributed by atoms with Crippen molar-refractivity contribution in [2.75, 3.05) is 19.8 Å². The van der Waals surface area contributed by atoms with E-state index in [0.29, 0.717) is 25.4 Å². The van der Waals surface area contributed by atoms with Crippen LogP contribution in [-0.4, -0.2) is 51.8 Å². The Hall–Kier alpha value is -2.67. The number of nitrogens with two attached hydrogens (primary N) is 1. The van der Waals surface area contributed by atoms with Gasteiger partial charge in [0, 0.05) is 12.6 Å². The molecule has 1 saturated heterocycles. The van der Waals surface area contributed by atoms with Crippen molar-refractivity contribution >= 4 is 11.8 Å². The van der Waals surface area contributed by atoms with Crippen molar-refractivity contribution in [2.45, 2.75) is 19.4 Å². The number of hydrogen-bond donors (Lipinski definition) is 1. The summed E-state index contributed by atoms with van der Waals surface area (Å²) in [6.07, 6.45) is 0. The number of amides is 2. The van der Waals surface area contributed by atoms with Gasteiger partial charge < -0.3 is 15.4 Å². The van der Waals surface area contributed by atoms with Crippen LogP contribution in [-0.2, 0) is 4.74 Å². The molecule has 2 aromatic rings. The van der Waals surface area contributed by atoms with Crippen molar-refractivity contribution in [1.29, 1.82) is 0 Å². The zero-order valence-corrected chi connectivity index (χ0v) is 13.7. The molecule has 1 aliphatic heterocycles. The van der Waals surface area contributed by atoms with Gasteiger partial charge >= 0.3 is 0 Å². The summed E-state index contributed by atoms with van der Waals surface area (Å²) in [6.45, 7) is 5.30. The highest BCUT2D eigenvalue weighted by Gasteiger charge is 2.36. The Labute approximate surface area is 140 Å². The van der Waals surface area contributed by atoms with Gasteiger partial charge in [-0.25, -0.2) is 4.68 Å². The van der Waals surface area contributed by atoms with Crippen molar-refractivity contribution in [1.82, 2.24) is 14.7 Å². The van der Waals surface area contributed by atoms with E-state index in [2.05, 4.69) is 5.10 Å². The second-order valence-corrected chi connectivity index (χ2v) is 6.35. The maximum atomic E-state index is 12.9. The van der Waals surface area contributed by atoms with Gasteiger partial charge in [0.1, 0.15) is 5.69 Å². The summed E-state index contributed by atoms with van der Waals surface area (Å²) in [5.41, 5.74) is 6.07. The summed E-state index contributed by atoms with van der Waals surface area (Å²) in [5.74, 6) is -0.868. The first-order valence-electron chi connectivity index (χ1n) is 7.75. The van der Waals surface area contributed by atoms with E-state index in [1.807, 2.05) is 32.0 Å². The van der Waals surface area contributed by atoms with Crippen LogP contribution in [0, 0.1) is 0 Å². The van der Waals surface area contributed by atoms with Crippen LogP contribution in [0.3, 0.4) is 0 Å². The van der Waals surface area contributed by atoms with Crippen LogP contribution in [0.1, 0.15) is 34.8 Å². The number of carbonyl (C=O) groups excluding carboxylic acids is 2. The SMILES string of the molecule is CC1(C)COCCN1C(=O)c1cc(C(N)=O)n(-c2ccccc2)n1. The van der Waals surface area contributed by atoms with E-state index >= 15 is 0 Å². The molecule has 0 bridgehead atoms. The van der Waals surface area contributed by atoms with Crippen LogP contribution < -0.4 is 5.73 Å². The lowest BCUT2D eigenvalue weighted by atomic mass is 10.0. The fourth-order valence-corrected chi connectivity index (χ4v) is 2.80. The standard InChI is InChI=1S/C17H20N4O3/c1-17(2)11-24-9-8-20(17)16(23)13-10-14(15(18)22)21(19-13)12-6-4-3-5-7-12/h3-7,10H,8-9,11H2,1-2H3,(H2,18,22). The maximum Gasteiger partial charge on any atom is 0.274 e. The molecular formula is C17H20N4O3. The van der Waals surface area contributed by atoms with Crippen LogP contribution in [0.4, 0.5) is 0 Å². The summed E-state index contributed by atoms with van der Waals surface area (Å²) in [6, 6.07) is 10.6. The van der Waals surface area contributed by atoms with Crippen LogP contribution in [0.15, 0.2) is 36.4 Å². The van der Waals surface area contributed by atoms with Gasteiger partial charge in [0.25, 0.3) is 11.8 Å². The third-order valence-corrected chi connectivity index (χ3v) is 4.07. The molecule has 0 spiro atoms. The minimum absolute atomic E-state index is 0.176. The molecule has 1 aromatic heterocycles. The molecule has 2 amide bonds. The summed E-state index contributed by atoms with van der Waals surface area (Å²) in [5, 5.41) is 4.33. The summed E-state index contributed by atoms with van der Waals surface area (Å²) < 4.78 is 6.85. The highest BCUT2D eigenvalue weighted by molar-refractivity contribution is 5.98. The monoisotopic (exact) mass is 328 g/mol. The van der Waals surface area contributed by atoms with Crippen molar-refractivity contribution < 1.29 is 14.3 Å². The van der Waals surface area contributed by atoms with E-state index in [1.165, 1.54) is 10.7 Å². The molecule has 0 saturated carbocycles. The fourth-order valence-electron chi connectivity index (χ4n) is 2.80. The first kappa shape index (κ1) is 16.2. The number of morpholine rings is 1. The third-order valence-electron chi connectivity index (χ3n) is 4.07. The first-order valence-corrected chi connectivity index (χ1v) is 7.75. The van der Waals surface area contributed by atoms with Gasteiger partial charge in [-0.1, -0.05) is 18.2 Å². The molecule has 126 valence electrons. The van der Waals surface area contributed by atoms with Gasteiger partial charge in [-0.2, -0.15) is 5.10 Å². The molecule has 7 heteroatoms. The average Bonchev–Trinajstić information content (AvgIpc) is 3.00. The quantitative estimate of drug-likeness (QED) is 0.917. The average molecular weight is 328 g/mol. The maximum absolute atomic E-state index is 12.9. The molecule has 0 unspecified atom stereocenters. The van der Waals surface area contributed by atoms with Gasteiger partial charge in [-0.05, 0) is 26.0 Å². The Bertz CT molecular complexity index is 767. The fraction of sp³-hybridized carbons (Fsp3) is 0.353. The van der Waals surface area contributed by atoms with Gasteiger partial charge in [-0.15, -0.1) is 0 Å². The van der Waals surface area contributed by atoms with Gasteiger partial charge in [0.05, 0.1) is 24.4 Å². The number of hydrogen-bond acceptors (Lipinski definition) is 4. The number of nitrogens with zero attached hydrogens (tertiary/aromatic N) is 3. The van der Waals surface area contributed by atoms with Crippen LogP contribution >= 0.6 is 0 Å². The van der Waals surface area contributed by atoms with Crippen molar-refractivity contribution in [3.8, 4) is 5.69 Å². The molecule has 3 rings (SSSR count). The zero-order valence-electron chi connectivity index (χ0n) is 13.7. The zero-order chi connectivity index (χ0) is 17.3. The minimum Gasteiger partial charge on any atom is -0.377 e. The van der Waals surface area contributed by atoms with Crippen LogP contribution in [0.25, 0.3) is 5.69 Å². The Morgan fingerprint density at radius 1 is 1.25 bits per heavy atom. The molecule has 1 aromatic carbocycles. The predicted octanol–water partition coefficient (Wildman–Crippen LogP) is 1.22. The molecule has 0 atom stereocenters. The Morgan fingerprint density at radius 2 is 1.96 bits per heavy atom. The number of benzene rings is 1. The first-order chi connectivity index (χ1) is 11.4. The Balaban J connectivity index is 2.00. The highest BCUT2D eigenvalue weighted by Crippen LogP contribution is 2.22. The van der Waals surface area contributed by atoms with E-state index in [9.17, 15) is 9.59 Å². The van der Waals surface area contributed by atoms with Gasteiger partial charge in [0.15, 0.2) is 5.69 Å². The van der Waals surface area contributed by atoms with E-state index in [0.717, 1.165) is 0 Å². The molecule has 1 aliphatic rings. The normalized spacial score (nSPS) is 16.8. The Kier molecular flexibility index (Phi) is 4.11. The summed E-state index contributed by atoms with van der Waals surface area (Å²) >= 11 is 0. The summed E-state index contributed by atoms with van der Waals surface area (Å²) in [7, 11) is 0.